The summed E-state index contributed by atoms with van der Waals surface area (Å²) in [6.45, 7) is 2.01. The molecule has 0 atom stereocenters. The largest absolute Gasteiger partial charge is 0.497 e. The molecule has 0 aliphatic carbocycles. The van der Waals surface area contributed by atoms with Crippen LogP contribution in [-0.2, 0) is 0 Å². The molecule has 4 nitrogen and oxygen atoms in total. The third-order valence-electron chi connectivity index (χ3n) is 3.19. The normalized spacial score (nSPS) is 10.7. The van der Waals surface area contributed by atoms with Gasteiger partial charge in [0.2, 0.25) is 0 Å². The van der Waals surface area contributed by atoms with Gasteiger partial charge in [0.25, 0.3) is 5.56 Å². The minimum absolute atomic E-state index is 0.103. The standard InChI is InChI=1S/C16H14N2O2/c1-11-4-3-5-12(8-11)14-10-16(19)18-7-6-13(20-2)9-15(18)17-14/h3-10H,1-2H3. The molecule has 20 heavy (non-hydrogen) atoms. The number of hydrogen-bond acceptors (Lipinski definition) is 3. The number of benzene rings is 1. The number of aryl methyl sites for hydroxylation is 1. The van der Waals surface area contributed by atoms with E-state index in [1.54, 1.807) is 31.5 Å². The Morgan fingerprint density at radius 2 is 2.00 bits per heavy atom. The topological polar surface area (TPSA) is 43.6 Å². The van der Waals surface area contributed by atoms with Crippen LogP contribution in [0.1, 0.15) is 5.56 Å². The average Bonchev–Trinajstić information content (AvgIpc) is 2.46. The smallest absolute Gasteiger partial charge is 0.258 e. The van der Waals surface area contributed by atoms with Crippen LogP contribution in [0.4, 0.5) is 0 Å². The zero-order chi connectivity index (χ0) is 14.1. The maximum atomic E-state index is 12.1. The first-order chi connectivity index (χ1) is 9.67. The van der Waals surface area contributed by atoms with Crippen molar-refractivity contribution >= 4 is 5.65 Å². The van der Waals surface area contributed by atoms with Gasteiger partial charge in [-0.15, -0.1) is 0 Å². The Hall–Kier alpha value is -2.62. The van der Waals surface area contributed by atoms with Crippen molar-refractivity contribution in [2.45, 2.75) is 6.92 Å². The summed E-state index contributed by atoms with van der Waals surface area (Å²) in [6, 6.07) is 13.0. The molecule has 0 bridgehead atoms. The molecule has 0 saturated heterocycles. The molecule has 0 unspecified atom stereocenters. The van der Waals surface area contributed by atoms with Crippen LogP contribution in [0.2, 0.25) is 0 Å². The number of aromatic nitrogens is 2. The van der Waals surface area contributed by atoms with E-state index in [9.17, 15) is 4.79 Å². The van der Waals surface area contributed by atoms with E-state index < -0.39 is 0 Å². The van der Waals surface area contributed by atoms with Gasteiger partial charge in [0.05, 0.1) is 12.8 Å². The number of ether oxygens (including phenoxy) is 1. The minimum Gasteiger partial charge on any atom is -0.497 e. The molecule has 0 saturated carbocycles. The van der Waals surface area contributed by atoms with E-state index in [0.717, 1.165) is 11.1 Å². The van der Waals surface area contributed by atoms with Crippen molar-refractivity contribution in [2.24, 2.45) is 0 Å². The lowest BCUT2D eigenvalue weighted by atomic mass is 10.1. The summed E-state index contributed by atoms with van der Waals surface area (Å²) < 4.78 is 6.67. The third-order valence-corrected chi connectivity index (χ3v) is 3.19. The molecule has 0 N–H and O–H groups in total. The van der Waals surface area contributed by atoms with Gasteiger partial charge in [0, 0.05) is 23.9 Å². The van der Waals surface area contributed by atoms with Crippen LogP contribution >= 0.6 is 0 Å². The molecule has 100 valence electrons. The fourth-order valence-corrected chi connectivity index (χ4v) is 2.16. The first kappa shape index (κ1) is 12.4. The van der Waals surface area contributed by atoms with Gasteiger partial charge in [0.15, 0.2) is 0 Å². The zero-order valence-corrected chi connectivity index (χ0v) is 11.3. The van der Waals surface area contributed by atoms with Gasteiger partial charge in [-0.25, -0.2) is 4.98 Å². The van der Waals surface area contributed by atoms with E-state index in [2.05, 4.69) is 4.98 Å². The second kappa shape index (κ2) is 4.81. The summed E-state index contributed by atoms with van der Waals surface area (Å²) in [5, 5.41) is 0. The van der Waals surface area contributed by atoms with Crippen LogP contribution < -0.4 is 10.3 Å². The lowest BCUT2D eigenvalue weighted by molar-refractivity contribution is 0.414. The zero-order valence-electron chi connectivity index (χ0n) is 11.3. The number of nitrogens with zero attached hydrogens (tertiary/aromatic N) is 2. The molecule has 2 aromatic heterocycles. The highest BCUT2D eigenvalue weighted by Gasteiger charge is 2.06. The number of hydrogen-bond donors (Lipinski definition) is 0. The molecule has 1 aromatic carbocycles. The molecule has 0 fully saturated rings. The molecule has 0 spiro atoms. The van der Waals surface area contributed by atoms with Gasteiger partial charge in [-0.1, -0.05) is 23.8 Å². The average molecular weight is 266 g/mol. The lowest BCUT2D eigenvalue weighted by Gasteiger charge is -2.06. The number of pyridine rings is 1. The first-order valence-corrected chi connectivity index (χ1v) is 6.32. The highest BCUT2D eigenvalue weighted by atomic mass is 16.5. The molecule has 0 radical (unpaired) electrons. The van der Waals surface area contributed by atoms with Gasteiger partial charge >= 0.3 is 0 Å². The molecule has 4 heteroatoms. The van der Waals surface area contributed by atoms with Crippen molar-refractivity contribution in [3.8, 4) is 17.0 Å². The summed E-state index contributed by atoms with van der Waals surface area (Å²) in [5.74, 6) is 0.679. The summed E-state index contributed by atoms with van der Waals surface area (Å²) in [6.07, 6.45) is 1.67. The SMILES string of the molecule is COc1ccn2c(=O)cc(-c3cccc(C)c3)nc2c1. The van der Waals surface area contributed by atoms with Crippen molar-refractivity contribution in [1.82, 2.24) is 9.38 Å². The summed E-state index contributed by atoms with van der Waals surface area (Å²) in [4.78, 5) is 16.7. The molecule has 3 rings (SSSR count). The predicted octanol–water partition coefficient (Wildman–Crippen LogP) is 2.68. The fraction of sp³-hybridized carbons (Fsp3) is 0.125. The summed E-state index contributed by atoms with van der Waals surface area (Å²) in [7, 11) is 1.59. The lowest BCUT2D eigenvalue weighted by Crippen LogP contribution is -2.14. The molecular weight excluding hydrogens is 252 g/mol. The third kappa shape index (κ3) is 2.16. The van der Waals surface area contributed by atoms with Gasteiger partial charge in [-0.05, 0) is 19.1 Å². The van der Waals surface area contributed by atoms with E-state index >= 15 is 0 Å². The van der Waals surface area contributed by atoms with E-state index in [1.165, 1.54) is 4.40 Å². The molecule has 0 amide bonds. The van der Waals surface area contributed by atoms with E-state index in [0.29, 0.717) is 17.1 Å². The summed E-state index contributed by atoms with van der Waals surface area (Å²) >= 11 is 0. The maximum Gasteiger partial charge on any atom is 0.258 e. The van der Waals surface area contributed by atoms with Crippen LogP contribution in [-0.4, -0.2) is 16.5 Å². The monoisotopic (exact) mass is 266 g/mol. The van der Waals surface area contributed by atoms with Crippen LogP contribution in [0, 0.1) is 6.92 Å². The van der Waals surface area contributed by atoms with E-state index in [4.69, 9.17) is 4.74 Å². The highest BCUT2D eigenvalue weighted by molar-refractivity contribution is 5.62. The van der Waals surface area contributed by atoms with Crippen molar-refractivity contribution in [3.05, 3.63) is 64.6 Å². The number of fused-ring (bicyclic) bond motifs is 1. The number of methoxy groups -OCH3 is 1. The van der Waals surface area contributed by atoms with E-state index in [1.807, 2.05) is 31.2 Å². The molecule has 0 aliphatic heterocycles. The van der Waals surface area contributed by atoms with Gasteiger partial charge < -0.3 is 4.74 Å². The Labute approximate surface area is 116 Å². The molecular formula is C16H14N2O2. The second-order valence-electron chi connectivity index (χ2n) is 4.64. The highest BCUT2D eigenvalue weighted by Crippen LogP contribution is 2.19. The van der Waals surface area contributed by atoms with Gasteiger partial charge in [-0.2, -0.15) is 0 Å². The predicted molar refractivity (Wildman–Crippen MR) is 78.2 cm³/mol. The first-order valence-electron chi connectivity index (χ1n) is 6.32. The van der Waals surface area contributed by atoms with Crippen molar-refractivity contribution < 1.29 is 4.74 Å². The van der Waals surface area contributed by atoms with Gasteiger partial charge in [-0.3, -0.25) is 9.20 Å². The molecule has 3 aromatic rings. The van der Waals surface area contributed by atoms with Crippen molar-refractivity contribution in [1.29, 1.82) is 0 Å². The van der Waals surface area contributed by atoms with Crippen LogP contribution in [0.3, 0.4) is 0 Å². The Morgan fingerprint density at radius 3 is 2.75 bits per heavy atom. The fourth-order valence-electron chi connectivity index (χ4n) is 2.16. The number of rotatable bonds is 2. The Bertz CT molecular complexity index is 837. The minimum atomic E-state index is -0.103. The van der Waals surface area contributed by atoms with Crippen LogP contribution in [0.5, 0.6) is 5.75 Å². The maximum absolute atomic E-state index is 12.1. The quantitative estimate of drug-likeness (QED) is 0.716. The molecule has 0 aliphatic rings. The van der Waals surface area contributed by atoms with Gasteiger partial charge in [0.1, 0.15) is 11.4 Å². The van der Waals surface area contributed by atoms with Crippen molar-refractivity contribution in [3.63, 3.8) is 0 Å². The Morgan fingerprint density at radius 1 is 1.15 bits per heavy atom. The Kier molecular flexibility index (Phi) is 2.99. The second-order valence-corrected chi connectivity index (χ2v) is 4.64. The van der Waals surface area contributed by atoms with Crippen LogP contribution in [0.15, 0.2) is 53.5 Å². The van der Waals surface area contributed by atoms with Crippen molar-refractivity contribution in [2.75, 3.05) is 7.11 Å². The Balaban J connectivity index is 2.25. The summed E-state index contributed by atoms with van der Waals surface area (Å²) in [5.41, 5.74) is 3.22. The van der Waals surface area contributed by atoms with Crippen LogP contribution in [0.25, 0.3) is 16.9 Å². The van der Waals surface area contributed by atoms with E-state index in [-0.39, 0.29) is 5.56 Å². The molecule has 2 heterocycles.